The summed E-state index contributed by atoms with van der Waals surface area (Å²) in [7, 11) is 0. The van der Waals surface area contributed by atoms with Gasteiger partial charge in [0.15, 0.2) is 5.69 Å². The van der Waals surface area contributed by atoms with Crippen molar-refractivity contribution >= 4 is 27.5 Å². The maximum atomic E-state index is 10.7. The molecular weight excluding hydrogens is 238 g/mol. The first-order chi connectivity index (χ1) is 8.24. The molecule has 17 heavy (non-hydrogen) atoms. The highest BCUT2D eigenvalue weighted by atomic mass is 32.1. The van der Waals surface area contributed by atoms with Crippen molar-refractivity contribution in [2.75, 3.05) is 0 Å². The third-order valence-corrected chi connectivity index (χ3v) is 3.21. The van der Waals surface area contributed by atoms with Crippen molar-refractivity contribution in [1.82, 2.24) is 14.5 Å². The molecule has 6 heteroatoms. The molecule has 0 bridgehead atoms. The fourth-order valence-corrected chi connectivity index (χ4v) is 2.29. The molecule has 0 saturated carbocycles. The second-order valence-electron chi connectivity index (χ2n) is 3.48. The highest BCUT2D eigenvalue weighted by molar-refractivity contribution is 7.16. The van der Waals surface area contributed by atoms with E-state index in [1.54, 1.807) is 21.4 Å². The number of nitrogens with zero attached hydrogens (tertiary/aromatic N) is 3. The van der Waals surface area contributed by atoms with E-state index in [9.17, 15) is 4.79 Å². The minimum absolute atomic E-state index is 0.0365. The van der Waals surface area contributed by atoms with E-state index in [0.29, 0.717) is 0 Å². The molecule has 3 rings (SSSR count). The molecular formula is C11H7N3O2S. The van der Waals surface area contributed by atoms with E-state index >= 15 is 0 Å². The lowest BCUT2D eigenvalue weighted by atomic mass is 10.3. The molecule has 0 amide bonds. The summed E-state index contributed by atoms with van der Waals surface area (Å²) in [5, 5.41) is 8.80. The lowest BCUT2D eigenvalue weighted by Crippen LogP contribution is -1.95. The highest BCUT2D eigenvalue weighted by Gasteiger charge is 2.08. The number of imidazole rings is 1. The van der Waals surface area contributed by atoms with Crippen molar-refractivity contribution < 1.29 is 9.90 Å². The number of aromatic carboxylic acids is 1. The molecule has 0 atom stereocenters. The molecule has 3 aromatic rings. The average molecular weight is 245 g/mol. The number of benzene rings is 1. The fraction of sp³-hybridized carbons (Fsp3) is 0. The molecule has 2 heterocycles. The van der Waals surface area contributed by atoms with Gasteiger partial charge in [0.25, 0.3) is 0 Å². The molecule has 0 aliphatic heterocycles. The molecule has 0 radical (unpaired) electrons. The predicted molar refractivity (Wildman–Crippen MR) is 63.7 cm³/mol. The first kappa shape index (κ1) is 9.98. The van der Waals surface area contributed by atoms with E-state index in [1.807, 2.05) is 18.2 Å². The Hall–Kier alpha value is -2.21. The summed E-state index contributed by atoms with van der Waals surface area (Å²) >= 11 is 1.55. The van der Waals surface area contributed by atoms with Gasteiger partial charge < -0.3 is 9.67 Å². The zero-order valence-corrected chi connectivity index (χ0v) is 9.39. The van der Waals surface area contributed by atoms with Crippen LogP contribution in [0.3, 0.4) is 0 Å². The lowest BCUT2D eigenvalue weighted by Gasteiger charge is -2.00. The number of thiazole rings is 1. The Labute approximate surface area is 100.0 Å². The van der Waals surface area contributed by atoms with Gasteiger partial charge in [-0.2, -0.15) is 0 Å². The SMILES string of the molecule is O=C(O)c1cn(-c2ccc3ncsc3c2)cn1. The summed E-state index contributed by atoms with van der Waals surface area (Å²) < 4.78 is 2.75. The fourth-order valence-electron chi connectivity index (χ4n) is 1.58. The Balaban J connectivity index is 2.09. The molecule has 5 nitrogen and oxygen atoms in total. The van der Waals surface area contributed by atoms with Gasteiger partial charge >= 0.3 is 5.97 Å². The Morgan fingerprint density at radius 1 is 1.35 bits per heavy atom. The van der Waals surface area contributed by atoms with Crippen molar-refractivity contribution in [2.45, 2.75) is 0 Å². The summed E-state index contributed by atoms with van der Waals surface area (Å²) in [5.74, 6) is -1.03. The number of hydrogen-bond acceptors (Lipinski definition) is 4. The predicted octanol–water partition coefficient (Wildman–Crippen LogP) is 2.18. The molecule has 0 saturated heterocycles. The van der Waals surface area contributed by atoms with Crippen LogP contribution in [-0.4, -0.2) is 25.6 Å². The topological polar surface area (TPSA) is 68.0 Å². The van der Waals surface area contributed by atoms with Crippen molar-refractivity contribution in [3.05, 3.63) is 41.9 Å². The van der Waals surface area contributed by atoms with Gasteiger partial charge in [-0.3, -0.25) is 0 Å². The Morgan fingerprint density at radius 2 is 2.24 bits per heavy atom. The van der Waals surface area contributed by atoms with Crippen LogP contribution in [0, 0.1) is 0 Å². The first-order valence-corrected chi connectivity index (χ1v) is 5.73. The van der Waals surface area contributed by atoms with Crippen LogP contribution in [0.5, 0.6) is 0 Å². The van der Waals surface area contributed by atoms with Crippen molar-refractivity contribution in [3.8, 4) is 5.69 Å². The van der Waals surface area contributed by atoms with Crippen molar-refractivity contribution in [1.29, 1.82) is 0 Å². The lowest BCUT2D eigenvalue weighted by molar-refractivity contribution is 0.0691. The van der Waals surface area contributed by atoms with E-state index in [-0.39, 0.29) is 5.69 Å². The largest absolute Gasteiger partial charge is 0.476 e. The Morgan fingerprint density at radius 3 is 3.00 bits per heavy atom. The Bertz CT molecular complexity index is 701. The summed E-state index contributed by atoms with van der Waals surface area (Å²) in [4.78, 5) is 18.7. The molecule has 1 aromatic carbocycles. The number of carboxylic acid groups (broad SMARTS) is 1. The van der Waals surface area contributed by atoms with Gasteiger partial charge in [0.05, 0.1) is 15.7 Å². The zero-order chi connectivity index (χ0) is 11.8. The van der Waals surface area contributed by atoms with Crippen LogP contribution in [-0.2, 0) is 0 Å². The third-order valence-electron chi connectivity index (χ3n) is 2.41. The van der Waals surface area contributed by atoms with E-state index < -0.39 is 5.97 Å². The second-order valence-corrected chi connectivity index (χ2v) is 4.36. The maximum Gasteiger partial charge on any atom is 0.356 e. The molecule has 0 aliphatic rings. The minimum Gasteiger partial charge on any atom is -0.476 e. The van der Waals surface area contributed by atoms with E-state index in [0.717, 1.165) is 15.9 Å². The molecule has 0 aliphatic carbocycles. The molecule has 1 N–H and O–H groups in total. The summed E-state index contributed by atoms with van der Waals surface area (Å²) in [6, 6.07) is 5.75. The van der Waals surface area contributed by atoms with Crippen LogP contribution >= 0.6 is 11.3 Å². The maximum absolute atomic E-state index is 10.7. The minimum atomic E-state index is -1.03. The van der Waals surface area contributed by atoms with Gasteiger partial charge in [0.2, 0.25) is 0 Å². The monoisotopic (exact) mass is 245 g/mol. The Kier molecular flexibility index (Phi) is 2.15. The number of fused-ring (bicyclic) bond motifs is 1. The summed E-state index contributed by atoms with van der Waals surface area (Å²) in [5.41, 5.74) is 3.64. The van der Waals surface area contributed by atoms with Gasteiger partial charge in [-0.1, -0.05) is 0 Å². The molecule has 2 aromatic heterocycles. The number of carbonyl (C=O) groups is 1. The van der Waals surface area contributed by atoms with E-state index in [2.05, 4.69) is 9.97 Å². The van der Waals surface area contributed by atoms with Crippen molar-refractivity contribution in [3.63, 3.8) is 0 Å². The quantitative estimate of drug-likeness (QED) is 0.751. The van der Waals surface area contributed by atoms with Crippen molar-refractivity contribution in [2.24, 2.45) is 0 Å². The van der Waals surface area contributed by atoms with Crippen LogP contribution in [0.15, 0.2) is 36.2 Å². The number of carboxylic acids is 1. The average Bonchev–Trinajstić information content (AvgIpc) is 2.97. The smallest absolute Gasteiger partial charge is 0.356 e. The van der Waals surface area contributed by atoms with Crippen LogP contribution in [0.1, 0.15) is 10.5 Å². The standard InChI is InChI=1S/C11H7N3O2S/c15-11(16)9-4-14(5-12-9)7-1-2-8-10(3-7)17-6-13-8/h1-6H,(H,15,16). The molecule has 0 unspecified atom stereocenters. The van der Waals surface area contributed by atoms with Gasteiger partial charge in [0.1, 0.15) is 6.33 Å². The molecule has 0 fully saturated rings. The molecule has 84 valence electrons. The van der Waals surface area contributed by atoms with Crippen LogP contribution in [0.25, 0.3) is 15.9 Å². The molecule has 0 spiro atoms. The first-order valence-electron chi connectivity index (χ1n) is 4.85. The van der Waals surface area contributed by atoms with E-state index in [1.165, 1.54) is 12.5 Å². The number of hydrogen-bond donors (Lipinski definition) is 1. The van der Waals surface area contributed by atoms with Crippen LogP contribution in [0.4, 0.5) is 0 Å². The van der Waals surface area contributed by atoms with Gasteiger partial charge in [0, 0.05) is 11.9 Å². The van der Waals surface area contributed by atoms with Gasteiger partial charge in [-0.05, 0) is 18.2 Å². The summed E-state index contributed by atoms with van der Waals surface area (Å²) in [6.07, 6.45) is 2.98. The van der Waals surface area contributed by atoms with Crippen LogP contribution in [0.2, 0.25) is 0 Å². The van der Waals surface area contributed by atoms with Gasteiger partial charge in [-0.25, -0.2) is 14.8 Å². The normalized spacial score (nSPS) is 10.8. The van der Waals surface area contributed by atoms with E-state index in [4.69, 9.17) is 5.11 Å². The highest BCUT2D eigenvalue weighted by Crippen LogP contribution is 2.21. The number of rotatable bonds is 2. The number of aromatic nitrogens is 3. The van der Waals surface area contributed by atoms with Crippen LogP contribution < -0.4 is 0 Å². The third kappa shape index (κ3) is 1.68. The summed E-state index contributed by atoms with van der Waals surface area (Å²) in [6.45, 7) is 0. The second kappa shape index (κ2) is 3.67. The zero-order valence-electron chi connectivity index (χ0n) is 8.57. The van der Waals surface area contributed by atoms with Gasteiger partial charge in [-0.15, -0.1) is 11.3 Å².